The molecule has 7 heteroatoms. The number of halogens is 1. The fourth-order valence-corrected chi connectivity index (χ4v) is 2.89. The minimum atomic E-state index is -0.197. The predicted octanol–water partition coefficient (Wildman–Crippen LogP) is 4.44. The average Bonchev–Trinajstić information content (AvgIpc) is 3.12. The van der Waals surface area contributed by atoms with E-state index in [0.717, 1.165) is 15.7 Å². The molecule has 27 heavy (non-hydrogen) atoms. The first kappa shape index (κ1) is 17.2. The SMILES string of the molecule is COc1ccc(C(=O)Nc2ccc3nn(-c4ccc(Br)cc4)nc3c2)cc1. The van der Waals surface area contributed by atoms with Gasteiger partial charge in [-0.25, -0.2) is 0 Å². The zero-order valence-electron chi connectivity index (χ0n) is 14.4. The standard InChI is InChI=1S/C20H15BrN4O2/c1-27-17-9-2-13(3-10-17)20(26)22-15-6-11-18-19(12-15)24-25(23-18)16-7-4-14(21)5-8-16/h2-12H,1H3,(H,22,26). The maximum Gasteiger partial charge on any atom is 0.255 e. The number of nitrogens with one attached hydrogen (secondary N) is 1. The first-order chi connectivity index (χ1) is 13.1. The van der Waals surface area contributed by atoms with E-state index in [1.165, 1.54) is 0 Å². The number of carbonyl (C=O) groups excluding carboxylic acids is 1. The van der Waals surface area contributed by atoms with Crippen LogP contribution >= 0.6 is 15.9 Å². The highest BCUT2D eigenvalue weighted by atomic mass is 79.9. The van der Waals surface area contributed by atoms with Crippen LogP contribution in [0.1, 0.15) is 10.4 Å². The van der Waals surface area contributed by atoms with E-state index in [0.29, 0.717) is 22.5 Å². The first-order valence-corrected chi connectivity index (χ1v) is 9.00. The van der Waals surface area contributed by atoms with Crippen molar-refractivity contribution >= 4 is 38.6 Å². The summed E-state index contributed by atoms with van der Waals surface area (Å²) in [6, 6.07) is 20.1. The van der Waals surface area contributed by atoms with Gasteiger partial charge < -0.3 is 10.1 Å². The Morgan fingerprint density at radius 1 is 0.963 bits per heavy atom. The molecule has 1 heterocycles. The molecule has 4 aromatic rings. The minimum absolute atomic E-state index is 0.197. The molecule has 0 atom stereocenters. The van der Waals surface area contributed by atoms with Gasteiger partial charge in [0.25, 0.3) is 5.91 Å². The Morgan fingerprint density at radius 2 is 1.67 bits per heavy atom. The summed E-state index contributed by atoms with van der Waals surface area (Å²) >= 11 is 3.42. The van der Waals surface area contributed by atoms with Crippen molar-refractivity contribution in [1.82, 2.24) is 15.0 Å². The summed E-state index contributed by atoms with van der Waals surface area (Å²) in [7, 11) is 1.59. The average molecular weight is 423 g/mol. The molecule has 0 saturated heterocycles. The maximum atomic E-state index is 12.4. The topological polar surface area (TPSA) is 69.0 Å². The lowest BCUT2D eigenvalue weighted by Crippen LogP contribution is -2.11. The van der Waals surface area contributed by atoms with E-state index in [1.54, 1.807) is 42.2 Å². The Bertz CT molecular complexity index is 1110. The number of hydrogen-bond donors (Lipinski definition) is 1. The van der Waals surface area contributed by atoms with Crippen LogP contribution in [0.4, 0.5) is 5.69 Å². The van der Waals surface area contributed by atoms with Crippen molar-refractivity contribution in [1.29, 1.82) is 0 Å². The monoisotopic (exact) mass is 422 g/mol. The van der Waals surface area contributed by atoms with E-state index < -0.39 is 0 Å². The lowest BCUT2D eigenvalue weighted by Gasteiger charge is -2.06. The van der Waals surface area contributed by atoms with E-state index in [-0.39, 0.29) is 5.91 Å². The molecule has 134 valence electrons. The van der Waals surface area contributed by atoms with Crippen molar-refractivity contribution in [2.45, 2.75) is 0 Å². The fourth-order valence-electron chi connectivity index (χ4n) is 2.63. The van der Waals surface area contributed by atoms with E-state index >= 15 is 0 Å². The maximum absolute atomic E-state index is 12.4. The van der Waals surface area contributed by atoms with E-state index in [2.05, 4.69) is 31.4 Å². The third-order valence-corrected chi connectivity index (χ3v) is 4.58. The molecule has 0 spiro atoms. The number of hydrogen-bond acceptors (Lipinski definition) is 4. The first-order valence-electron chi connectivity index (χ1n) is 8.21. The van der Waals surface area contributed by atoms with Crippen LogP contribution in [-0.4, -0.2) is 28.0 Å². The number of amides is 1. The van der Waals surface area contributed by atoms with Gasteiger partial charge in [-0.2, -0.15) is 4.80 Å². The van der Waals surface area contributed by atoms with E-state index in [4.69, 9.17) is 4.74 Å². The van der Waals surface area contributed by atoms with Crippen molar-refractivity contribution < 1.29 is 9.53 Å². The zero-order valence-corrected chi connectivity index (χ0v) is 16.0. The van der Waals surface area contributed by atoms with Crippen LogP contribution in [0.2, 0.25) is 0 Å². The highest BCUT2D eigenvalue weighted by Crippen LogP contribution is 2.20. The van der Waals surface area contributed by atoms with Gasteiger partial charge in [-0.05, 0) is 66.7 Å². The number of fused-ring (bicyclic) bond motifs is 1. The summed E-state index contributed by atoms with van der Waals surface area (Å²) < 4.78 is 6.10. The number of nitrogens with zero attached hydrogens (tertiary/aromatic N) is 3. The van der Waals surface area contributed by atoms with Gasteiger partial charge in [-0.3, -0.25) is 4.79 Å². The summed E-state index contributed by atoms with van der Waals surface area (Å²) in [5, 5.41) is 11.9. The van der Waals surface area contributed by atoms with Gasteiger partial charge in [-0.15, -0.1) is 10.2 Å². The van der Waals surface area contributed by atoms with Crippen molar-refractivity contribution in [3.63, 3.8) is 0 Å². The number of carbonyl (C=O) groups is 1. The van der Waals surface area contributed by atoms with Crippen LogP contribution in [0.5, 0.6) is 5.75 Å². The Kier molecular flexibility index (Phi) is 4.60. The number of anilines is 1. The number of ether oxygens (including phenoxy) is 1. The second-order valence-electron chi connectivity index (χ2n) is 5.85. The highest BCUT2D eigenvalue weighted by Gasteiger charge is 2.09. The molecule has 0 radical (unpaired) electrons. The Balaban J connectivity index is 1.57. The molecular weight excluding hydrogens is 408 g/mol. The van der Waals surface area contributed by atoms with Crippen LogP contribution in [0.15, 0.2) is 71.2 Å². The molecule has 0 aliphatic rings. The molecule has 6 nitrogen and oxygen atoms in total. The molecule has 1 amide bonds. The third-order valence-electron chi connectivity index (χ3n) is 4.05. The van der Waals surface area contributed by atoms with Crippen LogP contribution in [-0.2, 0) is 0 Å². The van der Waals surface area contributed by atoms with Crippen LogP contribution in [0.3, 0.4) is 0 Å². The summed E-state index contributed by atoms with van der Waals surface area (Å²) in [5.74, 6) is 0.509. The Hall–Kier alpha value is -3.19. The minimum Gasteiger partial charge on any atom is -0.497 e. The molecule has 0 unspecified atom stereocenters. The Morgan fingerprint density at radius 3 is 2.37 bits per heavy atom. The van der Waals surface area contributed by atoms with Crippen molar-refractivity contribution in [2.24, 2.45) is 0 Å². The van der Waals surface area contributed by atoms with Crippen molar-refractivity contribution in [3.05, 3.63) is 76.8 Å². The summed E-state index contributed by atoms with van der Waals surface area (Å²) in [6.45, 7) is 0. The second kappa shape index (κ2) is 7.20. The fraction of sp³-hybridized carbons (Fsp3) is 0.0500. The van der Waals surface area contributed by atoms with Gasteiger partial charge in [0.15, 0.2) is 0 Å². The smallest absolute Gasteiger partial charge is 0.255 e. The summed E-state index contributed by atoms with van der Waals surface area (Å²) in [6.07, 6.45) is 0. The van der Waals surface area contributed by atoms with Crippen LogP contribution < -0.4 is 10.1 Å². The quantitative estimate of drug-likeness (QED) is 0.527. The number of benzene rings is 3. The summed E-state index contributed by atoms with van der Waals surface area (Å²) in [4.78, 5) is 14.0. The van der Waals surface area contributed by atoms with Crippen molar-refractivity contribution in [3.8, 4) is 11.4 Å². The van der Waals surface area contributed by atoms with Gasteiger partial charge in [0.1, 0.15) is 16.8 Å². The molecule has 3 aromatic carbocycles. The Labute approximate surface area is 163 Å². The second-order valence-corrected chi connectivity index (χ2v) is 6.77. The largest absolute Gasteiger partial charge is 0.497 e. The molecule has 1 aromatic heterocycles. The van der Waals surface area contributed by atoms with Gasteiger partial charge in [0.2, 0.25) is 0 Å². The normalized spacial score (nSPS) is 10.7. The lowest BCUT2D eigenvalue weighted by atomic mass is 10.2. The molecule has 4 rings (SSSR count). The van der Waals surface area contributed by atoms with Gasteiger partial charge in [-0.1, -0.05) is 15.9 Å². The molecule has 1 N–H and O–H groups in total. The molecule has 0 aliphatic heterocycles. The van der Waals surface area contributed by atoms with Crippen LogP contribution in [0.25, 0.3) is 16.7 Å². The number of methoxy groups -OCH3 is 1. The zero-order chi connectivity index (χ0) is 18.8. The van der Waals surface area contributed by atoms with Gasteiger partial charge in [0.05, 0.1) is 12.8 Å². The summed E-state index contributed by atoms with van der Waals surface area (Å²) in [5.41, 5.74) is 3.52. The van der Waals surface area contributed by atoms with Crippen LogP contribution in [0, 0.1) is 0 Å². The highest BCUT2D eigenvalue weighted by molar-refractivity contribution is 9.10. The number of aromatic nitrogens is 3. The molecule has 0 aliphatic carbocycles. The van der Waals surface area contributed by atoms with Crippen molar-refractivity contribution in [2.75, 3.05) is 12.4 Å². The molecule has 0 fully saturated rings. The van der Waals surface area contributed by atoms with Gasteiger partial charge in [0, 0.05) is 15.7 Å². The molecular formula is C20H15BrN4O2. The van der Waals surface area contributed by atoms with E-state index in [1.807, 2.05) is 36.4 Å². The third kappa shape index (κ3) is 3.68. The molecule has 0 saturated carbocycles. The number of rotatable bonds is 4. The van der Waals surface area contributed by atoms with E-state index in [9.17, 15) is 4.79 Å². The lowest BCUT2D eigenvalue weighted by molar-refractivity contribution is 0.102. The van der Waals surface area contributed by atoms with Gasteiger partial charge >= 0.3 is 0 Å². The predicted molar refractivity (Wildman–Crippen MR) is 108 cm³/mol. The molecule has 0 bridgehead atoms.